The number of methoxy groups -OCH3 is 1. The molecule has 1 heterocycles. The second kappa shape index (κ2) is 8.78. The Morgan fingerprint density at radius 1 is 1.11 bits per heavy atom. The van der Waals surface area contributed by atoms with Crippen LogP contribution in [0.15, 0.2) is 65.1 Å². The van der Waals surface area contributed by atoms with Crippen molar-refractivity contribution in [3.63, 3.8) is 0 Å². The van der Waals surface area contributed by atoms with Crippen molar-refractivity contribution in [1.82, 2.24) is 4.90 Å². The van der Waals surface area contributed by atoms with E-state index in [1.54, 1.807) is 19.1 Å². The van der Waals surface area contributed by atoms with Gasteiger partial charge in [-0.05, 0) is 60.5 Å². The summed E-state index contributed by atoms with van der Waals surface area (Å²) >= 11 is 5.92. The molecule has 1 aromatic heterocycles. The van der Waals surface area contributed by atoms with E-state index in [9.17, 15) is 4.79 Å². The molecule has 0 N–H and O–H groups in total. The molecule has 4 nitrogen and oxygen atoms in total. The molecule has 0 saturated carbocycles. The van der Waals surface area contributed by atoms with Gasteiger partial charge in [0.25, 0.3) is 0 Å². The van der Waals surface area contributed by atoms with Crippen molar-refractivity contribution in [2.75, 3.05) is 14.2 Å². The summed E-state index contributed by atoms with van der Waals surface area (Å²) < 4.78 is 11.1. The molecule has 140 valence electrons. The lowest BCUT2D eigenvalue weighted by Crippen LogP contribution is -2.26. The second-order valence-corrected chi connectivity index (χ2v) is 6.81. The number of furan rings is 1. The van der Waals surface area contributed by atoms with Crippen LogP contribution in [-0.4, -0.2) is 25.0 Å². The van der Waals surface area contributed by atoms with E-state index in [1.807, 2.05) is 60.7 Å². The van der Waals surface area contributed by atoms with Gasteiger partial charge in [-0.2, -0.15) is 0 Å². The first kappa shape index (κ1) is 19.1. The van der Waals surface area contributed by atoms with Gasteiger partial charge in [-0.15, -0.1) is 0 Å². The van der Waals surface area contributed by atoms with Gasteiger partial charge < -0.3 is 14.1 Å². The lowest BCUT2D eigenvalue weighted by Gasteiger charge is -2.16. The Kier molecular flexibility index (Phi) is 6.20. The Morgan fingerprint density at radius 2 is 1.89 bits per heavy atom. The number of carbonyl (C=O) groups is 1. The Morgan fingerprint density at radius 3 is 2.63 bits per heavy atom. The molecule has 3 rings (SSSR count). The molecule has 0 aliphatic heterocycles. The van der Waals surface area contributed by atoms with Crippen LogP contribution in [0.25, 0.3) is 11.3 Å². The van der Waals surface area contributed by atoms with Crippen LogP contribution >= 0.6 is 11.6 Å². The highest BCUT2D eigenvalue weighted by Gasteiger charge is 2.13. The van der Waals surface area contributed by atoms with E-state index < -0.39 is 0 Å². The molecule has 0 aliphatic carbocycles. The number of benzene rings is 2. The average molecular weight is 384 g/mol. The summed E-state index contributed by atoms with van der Waals surface area (Å²) in [7, 11) is 3.43. The van der Waals surface area contributed by atoms with E-state index in [0.29, 0.717) is 24.4 Å². The van der Waals surface area contributed by atoms with Crippen molar-refractivity contribution in [2.45, 2.75) is 19.4 Å². The van der Waals surface area contributed by atoms with Gasteiger partial charge >= 0.3 is 0 Å². The lowest BCUT2D eigenvalue weighted by molar-refractivity contribution is -0.130. The number of hydrogen-bond donors (Lipinski definition) is 0. The molecular weight excluding hydrogens is 362 g/mol. The third-order valence-corrected chi connectivity index (χ3v) is 4.62. The smallest absolute Gasteiger partial charge is 0.223 e. The highest BCUT2D eigenvalue weighted by Crippen LogP contribution is 2.24. The molecule has 3 aromatic rings. The second-order valence-electron chi connectivity index (χ2n) is 6.37. The van der Waals surface area contributed by atoms with Crippen LogP contribution in [0.4, 0.5) is 0 Å². The average Bonchev–Trinajstić information content (AvgIpc) is 3.15. The van der Waals surface area contributed by atoms with Crippen LogP contribution in [-0.2, 0) is 17.8 Å². The summed E-state index contributed by atoms with van der Waals surface area (Å²) in [5, 5.41) is 0.687. The maximum Gasteiger partial charge on any atom is 0.223 e. The Labute approximate surface area is 164 Å². The van der Waals surface area contributed by atoms with Gasteiger partial charge in [0.15, 0.2) is 0 Å². The number of nitrogens with zero attached hydrogens (tertiary/aromatic N) is 1. The molecule has 1 amide bonds. The summed E-state index contributed by atoms with van der Waals surface area (Å²) in [6.07, 6.45) is 1.11. The largest absolute Gasteiger partial charge is 0.497 e. The molecule has 0 saturated heterocycles. The normalized spacial score (nSPS) is 10.6. The molecule has 0 fully saturated rings. The van der Waals surface area contributed by atoms with E-state index in [1.165, 1.54) is 0 Å². The SMILES string of the molecule is COc1cccc(CCC(=O)N(C)Cc2ccc(-c3ccc(Cl)cc3)o2)c1. The van der Waals surface area contributed by atoms with E-state index in [0.717, 1.165) is 28.4 Å². The van der Waals surface area contributed by atoms with Crippen LogP contribution < -0.4 is 4.74 Å². The molecular formula is C22H22ClNO3. The van der Waals surface area contributed by atoms with E-state index in [4.69, 9.17) is 20.8 Å². The van der Waals surface area contributed by atoms with Crippen molar-refractivity contribution >= 4 is 17.5 Å². The van der Waals surface area contributed by atoms with Gasteiger partial charge in [-0.3, -0.25) is 4.79 Å². The molecule has 0 aliphatic rings. The number of carbonyl (C=O) groups excluding carboxylic acids is 1. The Bertz CT molecular complexity index is 902. The standard InChI is InChI=1S/C22H22ClNO3/c1-24(22(25)13-6-16-4-3-5-19(14-16)26-2)15-20-11-12-21(27-20)17-7-9-18(23)10-8-17/h3-5,7-12,14H,6,13,15H2,1-2H3. The van der Waals surface area contributed by atoms with Gasteiger partial charge in [0.2, 0.25) is 5.91 Å². The third-order valence-electron chi connectivity index (χ3n) is 4.37. The minimum absolute atomic E-state index is 0.0715. The summed E-state index contributed by atoms with van der Waals surface area (Å²) in [5.41, 5.74) is 2.04. The van der Waals surface area contributed by atoms with Crippen molar-refractivity contribution in [3.05, 3.63) is 77.0 Å². The molecule has 27 heavy (non-hydrogen) atoms. The zero-order valence-corrected chi connectivity index (χ0v) is 16.2. The van der Waals surface area contributed by atoms with Crippen molar-refractivity contribution in [2.24, 2.45) is 0 Å². The van der Waals surface area contributed by atoms with Gasteiger partial charge in [0.05, 0.1) is 13.7 Å². The summed E-state index contributed by atoms with van der Waals surface area (Å²) in [6.45, 7) is 0.435. The Hall–Kier alpha value is -2.72. The predicted molar refractivity (Wildman–Crippen MR) is 107 cm³/mol. The summed E-state index contributed by atoms with van der Waals surface area (Å²) in [4.78, 5) is 14.1. The van der Waals surface area contributed by atoms with E-state index in [2.05, 4.69) is 0 Å². The first-order chi connectivity index (χ1) is 13.0. The fourth-order valence-electron chi connectivity index (χ4n) is 2.82. The van der Waals surface area contributed by atoms with Gasteiger partial charge in [0.1, 0.15) is 17.3 Å². The highest BCUT2D eigenvalue weighted by molar-refractivity contribution is 6.30. The maximum absolute atomic E-state index is 12.4. The fraction of sp³-hybridized carbons (Fsp3) is 0.227. The number of amides is 1. The number of hydrogen-bond acceptors (Lipinski definition) is 3. The molecule has 0 radical (unpaired) electrons. The third kappa shape index (κ3) is 5.14. The quantitative estimate of drug-likeness (QED) is 0.563. The Balaban J connectivity index is 1.55. The molecule has 0 atom stereocenters. The maximum atomic E-state index is 12.4. The summed E-state index contributed by atoms with van der Waals surface area (Å²) in [6, 6.07) is 19.1. The topological polar surface area (TPSA) is 42.7 Å². The van der Waals surface area contributed by atoms with Crippen LogP contribution in [0.2, 0.25) is 5.02 Å². The van der Waals surface area contributed by atoms with Crippen LogP contribution in [0.3, 0.4) is 0 Å². The monoisotopic (exact) mass is 383 g/mol. The van der Waals surface area contributed by atoms with E-state index in [-0.39, 0.29) is 5.91 Å². The number of rotatable bonds is 7. The first-order valence-electron chi connectivity index (χ1n) is 8.76. The lowest BCUT2D eigenvalue weighted by atomic mass is 10.1. The zero-order valence-electron chi connectivity index (χ0n) is 15.4. The van der Waals surface area contributed by atoms with Gasteiger partial charge in [-0.1, -0.05) is 23.7 Å². The molecule has 0 unspecified atom stereocenters. The summed E-state index contributed by atoms with van der Waals surface area (Å²) in [5.74, 6) is 2.39. The van der Waals surface area contributed by atoms with Crippen LogP contribution in [0.1, 0.15) is 17.7 Å². The van der Waals surface area contributed by atoms with Crippen molar-refractivity contribution < 1.29 is 13.9 Å². The zero-order chi connectivity index (χ0) is 19.2. The predicted octanol–water partition coefficient (Wildman–Crippen LogP) is 5.20. The van der Waals surface area contributed by atoms with E-state index >= 15 is 0 Å². The highest BCUT2D eigenvalue weighted by atomic mass is 35.5. The molecule has 5 heteroatoms. The number of ether oxygens (including phenoxy) is 1. The minimum atomic E-state index is 0.0715. The molecule has 0 bridgehead atoms. The van der Waals surface area contributed by atoms with Crippen LogP contribution in [0.5, 0.6) is 5.75 Å². The van der Waals surface area contributed by atoms with Crippen molar-refractivity contribution in [1.29, 1.82) is 0 Å². The van der Waals surface area contributed by atoms with Crippen LogP contribution in [0, 0.1) is 0 Å². The number of aryl methyl sites for hydroxylation is 1. The number of halogens is 1. The molecule has 0 spiro atoms. The van der Waals surface area contributed by atoms with Gasteiger partial charge in [0, 0.05) is 24.1 Å². The first-order valence-corrected chi connectivity index (χ1v) is 9.14. The van der Waals surface area contributed by atoms with Crippen molar-refractivity contribution in [3.8, 4) is 17.1 Å². The van der Waals surface area contributed by atoms with Gasteiger partial charge in [-0.25, -0.2) is 0 Å². The molecule has 2 aromatic carbocycles. The fourth-order valence-corrected chi connectivity index (χ4v) is 2.95. The minimum Gasteiger partial charge on any atom is -0.497 e.